The molecule has 0 amide bonds. The Morgan fingerprint density at radius 2 is 2.06 bits per heavy atom. The van der Waals surface area contributed by atoms with Crippen LogP contribution in [0.4, 0.5) is 0 Å². The molecule has 0 heterocycles. The minimum Gasteiger partial charge on any atom is -0.513 e. The maximum absolute atomic E-state index is 11.8. The molecule has 1 aromatic rings. The highest BCUT2D eigenvalue weighted by Gasteiger charge is 2.03. The molecule has 0 saturated heterocycles. The van der Waals surface area contributed by atoms with E-state index in [2.05, 4.69) is 0 Å². The van der Waals surface area contributed by atoms with Crippen molar-refractivity contribution >= 4 is 5.78 Å². The fourth-order valence-electron chi connectivity index (χ4n) is 1.39. The zero-order valence-electron chi connectivity index (χ0n) is 10.7. The summed E-state index contributed by atoms with van der Waals surface area (Å²) in [6.07, 6.45) is 4.82. The summed E-state index contributed by atoms with van der Waals surface area (Å²) >= 11 is 0. The van der Waals surface area contributed by atoms with E-state index in [1.54, 1.807) is 24.3 Å². The average molecular weight is 246 g/mol. The van der Waals surface area contributed by atoms with E-state index in [0.717, 1.165) is 0 Å². The summed E-state index contributed by atoms with van der Waals surface area (Å²) in [7, 11) is 1.53. The van der Waals surface area contributed by atoms with Gasteiger partial charge in [0.15, 0.2) is 5.78 Å². The summed E-state index contributed by atoms with van der Waals surface area (Å²) < 4.78 is 5.13. The van der Waals surface area contributed by atoms with Gasteiger partial charge in [0, 0.05) is 19.1 Å². The number of methoxy groups -OCH3 is 1. The maximum Gasteiger partial charge on any atom is 0.185 e. The molecule has 1 aromatic carbocycles. The van der Waals surface area contributed by atoms with E-state index in [0.29, 0.717) is 12.0 Å². The van der Waals surface area contributed by atoms with Gasteiger partial charge in [-0.05, 0) is 18.2 Å². The zero-order chi connectivity index (χ0) is 13.4. The van der Waals surface area contributed by atoms with Crippen LogP contribution in [0.3, 0.4) is 0 Å². The number of carbonyl (C=O) groups excluding carboxylic acids is 1. The Labute approximate surface area is 107 Å². The van der Waals surface area contributed by atoms with Gasteiger partial charge in [-0.1, -0.05) is 37.3 Å². The number of ether oxygens (including phenoxy) is 1. The lowest BCUT2D eigenvalue weighted by molar-refractivity contribution is 0.104. The lowest BCUT2D eigenvalue weighted by Crippen LogP contribution is -2.05. The lowest BCUT2D eigenvalue weighted by Gasteiger charge is -2.05. The van der Waals surface area contributed by atoms with Crippen LogP contribution in [-0.2, 0) is 4.74 Å². The molecule has 0 bridgehead atoms. The first-order valence-corrected chi connectivity index (χ1v) is 5.87. The van der Waals surface area contributed by atoms with Gasteiger partial charge in [0.2, 0.25) is 0 Å². The highest BCUT2D eigenvalue weighted by atomic mass is 16.5. The van der Waals surface area contributed by atoms with Crippen molar-refractivity contribution in [3.05, 3.63) is 59.9 Å². The summed E-state index contributed by atoms with van der Waals surface area (Å²) in [6.45, 7) is 1.84. The third-order valence-electron chi connectivity index (χ3n) is 2.49. The summed E-state index contributed by atoms with van der Waals surface area (Å²) in [6, 6.07) is 9.01. The lowest BCUT2D eigenvalue weighted by atomic mass is 10.1. The van der Waals surface area contributed by atoms with Gasteiger partial charge in [-0.15, -0.1) is 0 Å². The monoisotopic (exact) mass is 246 g/mol. The van der Waals surface area contributed by atoms with Crippen molar-refractivity contribution in [2.24, 2.45) is 0 Å². The van der Waals surface area contributed by atoms with Gasteiger partial charge in [-0.25, -0.2) is 0 Å². The summed E-state index contributed by atoms with van der Waals surface area (Å²) in [4.78, 5) is 11.8. The maximum atomic E-state index is 11.8. The van der Waals surface area contributed by atoms with E-state index >= 15 is 0 Å². The second-order valence-corrected chi connectivity index (χ2v) is 3.80. The Balaban J connectivity index is 2.70. The second-order valence-electron chi connectivity index (χ2n) is 3.80. The molecule has 0 aliphatic carbocycles. The molecular formula is C15H18O3. The number of carbonyl (C=O) groups is 1. The minimum atomic E-state index is -0.391. The molecule has 1 rings (SSSR count). The van der Waals surface area contributed by atoms with Crippen molar-refractivity contribution in [1.82, 2.24) is 0 Å². The standard InChI is InChI=1S/C15H18O3/c1-3-13(16)11-14(18-2)9-10-15(17)12-7-5-4-6-8-12/h4-11,14,16H,3H2,1-2H3/b10-9+,13-11?. The Morgan fingerprint density at radius 3 is 2.61 bits per heavy atom. The van der Waals surface area contributed by atoms with Crippen LogP contribution in [-0.4, -0.2) is 24.1 Å². The normalized spacial score (nSPS) is 13.8. The van der Waals surface area contributed by atoms with Crippen molar-refractivity contribution in [3.63, 3.8) is 0 Å². The molecule has 0 fully saturated rings. The number of benzene rings is 1. The Morgan fingerprint density at radius 1 is 1.39 bits per heavy atom. The van der Waals surface area contributed by atoms with Gasteiger partial charge in [0.05, 0.1) is 11.9 Å². The van der Waals surface area contributed by atoms with E-state index in [1.807, 2.05) is 25.1 Å². The Hall–Kier alpha value is -1.87. The van der Waals surface area contributed by atoms with Crippen LogP contribution >= 0.6 is 0 Å². The largest absolute Gasteiger partial charge is 0.513 e. The molecule has 0 aromatic heterocycles. The number of aliphatic hydroxyl groups excluding tert-OH is 1. The number of ketones is 1. The molecule has 0 radical (unpaired) electrons. The SMILES string of the molecule is CCC(O)=CC(/C=C/C(=O)c1ccccc1)OC. The number of hydrogen-bond donors (Lipinski definition) is 1. The summed E-state index contributed by atoms with van der Waals surface area (Å²) in [5, 5.41) is 9.40. The average Bonchev–Trinajstić information content (AvgIpc) is 2.43. The van der Waals surface area contributed by atoms with Crippen molar-refractivity contribution in [2.75, 3.05) is 7.11 Å². The topological polar surface area (TPSA) is 46.5 Å². The first-order valence-electron chi connectivity index (χ1n) is 5.87. The predicted molar refractivity (Wildman–Crippen MR) is 71.7 cm³/mol. The van der Waals surface area contributed by atoms with Crippen molar-refractivity contribution < 1.29 is 14.6 Å². The Kier molecular flexibility index (Phi) is 5.88. The molecule has 0 saturated carbocycles. The van der Waals surface area contributed by atoms with Gasteiger partial charge in [-0.2, -0.15) is 0 Å². The number of hydrogen-bond acceptors (Lipinski definition) is 3. The summed E-state index contributed by atoms with van der Waals surface area (Å²) in [5.41, 5.74) is 0.632. The van der Waals surface area contributed by atoms with Crippen LogP contribution in [0.15, 0.2) is 54.3 Å². The second kappa shape index (κ2) is 7.45. The smallest absolute Gasteiger partial charge is 0.185 e. The summed E-state index contributed by atoms with van der Waals surface area (Å²) in [5.74, 6) is 0.167. The third-order valence-corrected chi connectivity index (χ3v) is 2.49. The van der Waals surface area contributed by atoms with Gasteiger partial charge < -0.3 is 9.84 Å². The minimum absolute atomic E-state index is 0.0814. The molecule has 3 nitrogen and oxygen atoms in total. The van der Waals surface area contributed by atoms with E-state index < -0.39 is 6.10 Å². The van der Waals surface area contributed by atoms with Crippen LogP contribution < -0.4 is 0 Å². The predicted octanol–water partition coefficient (Wildman–Crippen LogP) is 3.29. The highest BCUT2D eigenvalue weighted by molar-refractivity contribution is 6.04. The van der Waals surface area contributed by atoms with Crippen LogP contribution in [0.1, 0.15) is 23.7 Å². The highest BCUT2D eigenvalue weighted by Crippen LogP contribution is 2.05. The molecule has 18 heavy (non-hydrogen) atoms. The van der Waals surface area contributed by atoms with Crippen LogP contribution in [0, 0.1) is 0 Å². The van der Waals surface area contributed by atoms with Crippen LogP contribution in [0.2, 0.25) is 0 Å². The Bertz CT molecular complexity index is 432. The fraction of sp³-hybridized carbons (Fsp3) is 0.267. The molecule has 1 atom stereocenters. The molecule has 0 aliphatic rings. The zero-order valence-corrected chi connectivity index (χ0v) is 10.7. The van der Waals surface area contributed by atoms with Gasteiger partial charge in [-0.3, -0.25) is 4.79 Å². The van der Waals surface area contributed by atoms with Crippen LogP contribution in [0.5, 0.6) is 0 Å². The van der Waals surface area contributed by atoms with Crippen molar-refractivity contribution in [3.8, 4) is 0 Å². The molecule has 96 valence electrons. The van der Waals surface area contributed by atoms with Gasteiger partial charge in [0.25, 0.3) is 0 Å². The van der Waals surface area contributed by atoms with E-state index in [1.165, 1.54) is 13.2 Å². The van der Waals surface area contributed by atoms with Gasteiger partial charge >= 0.3 is 0 Å². The van der Waals surface area contributed by atoms with E-state index in [-0.39, 0.29) is 11.5 Å². The van der Waals surface area contributed by atoms with Crippen molar-refractivity contribution in [2.45, 2.75) is 19.4 Å². The number of aliphatic hydroxyl groups is 1. The fourth-order valence-corrected chi connectivity index (χ4v) is 1.39. The quantitative estimate of drug-likeness (QED) is 0.476. The number of rotatable bonds is 6. The molecule has 1 N–H and O–H groups in total. The molecule has 1 unspecified atom stereocenters. The number of allylic oxidation sites excluding steroid dienone is 2. The first-order chi connectivity index (χ1) is 8.67. The van der Waals surface area contributed by atoms with Crippen molar-refractivity contribution in [1.29, 1.82) is 0 Å². The van der Waals surface area contributed by atoms with Gasteiger partial charge in [0.1, 0.15) is 0 Å². The third kappa shape index (κ3) is 4.55. The molecule has 0 spiro atoms. The molecular weight excluding hydrogens is 228 g/mol. The molecule has 3 heteroatoms. The molecule has 0 aliphatic heterocycles. The van der Waals surface area contributed by atoms with Crippen LogP contribution in [0.25, 0.3) is 0 Å². The van der Waals surface area contributed by atoms with E-state index in [9.17, 15) is 9.90 Å². The first kappa shape index (κ1) is 14.2. The van der Waals surface area contributed by atoms with E-state index in [4.69, 9.17) is 4.74 Å².